The molecule has 21 heavy (non-hydrogen) atoms. The summed E-state index contributed by atoms with van der Waals surface area (Å²) in [5, 5.41) is 4.38. The molecule has 0 radical (unpaired) electrons. The van der Waals surface area contributed by atoms with Crippen molar-refractivity contribution in [3.63, 3.8) is 0 Å². The highest BCUT2D eigenvalue weighted by Crippen LogP contribution is 2.20. The van der Waals surface area contributed by atoms with E-state index in [2.05, 4.69) is 10.1 Å². The van der Waals surface area contributed by atoms with Crippen LogP contribution < -0.4 is 0 Å². The van der Waals surface area contributed by atoms with E-state index in [4.69, 9.17) is 0 Å². The zero-order valence-corrected chi connectivity index (χ0v) is 11.4. The van der Waals surface area contributed by atoms with Gasteiger partial charge in [0, 0.05) is 18.0 Å². The second-order valence-corrected chi connectivity index (χ2v) is 4.87. The summed E-state index contributed by atoms with van der Waals surface area (Å²) in [6.07, 6.45) is 4.53. The van der Waals surface area contributed by atoms with Gasteiger partial charge in [0.15, 0.2) is 0 Å². The van der Waals surface area contributed by atoms with Crippen LogP contribution in [-0.2, 0) is 6.54 Å². The van der Waals surface area contributed by atoms with Crippen molar-refractivity contribution in [2.75, 3.05) is 0 Å². The topological polar surface area (TPSA) is 30.7 Å². The fraction of sp³-hybridized carbons (Fsp3) is 0.125. The number of hydrogen-bond acceptors (Lipinski definition) is 2. The first-order valence-electron chi connectivity index (χ1n) is 6.51. The van der Waals surface area contributed by atoms with Gasteiger partial charge in [-0.1, -0.05) is 12.1 Å². The van der Waals surface area contributed by atoms with Gasteiger partial charge in [-0.05, 0) is 36.2 Å². The van der Waals surface area contributed by atoms with Crippen LogP contribution in [-0.4, -0.2) is 14.8 Å². The predicted molar refractivity (Wildman–Crippen MR) is 75.7 cm³/mol. The molecule has 0 N–H and O–H groups in total. The lowest BCUT2D eigenvalue weighted by Crippen LogP contribution is -2.01. The molecule has 1 aromatic carbocycles. The van der Waals surface area contributed by atoms with E-state index in [0.29, 0.717) is 23.4 Å². The maximum atomic E-state index is 13.6. The Kier molecular flexibility index (Phi) is 3.48. The molecule has 2 heterocycles. The molecule has 0 aliphatic carbocycles. The minimum absolute atomic E-state index is 0.253. The Bertz CT molecular complexity index is 781. The summed E-state index contributed by atoms with van der Waals surface area (Å²) in [6.45, 7) is 2.13. The van der Waals surface area contributed by atoms with Crippen LogP contribution in [0.5, 0.6) is 0 Å². The van der Waals surface area contributed by atoms with E-state index in [1.54, 1.807) is 36.1 Å². The highest BCUT2D eigenvalue weighted by molar-refractivity contribution is 5.59. The van der Waals surface area contributed by atoms with Gasteiger partial charge in [-0.25, -0.2) is 8.78 Å². The van der Waals surface area contributed by atoms with Crippen LogP contribution in [0.1, 0.15) is 11.1 Å². The standard InChI is InChI=1S/C16H13F2N3/c1-11-2-3-13(7-15(11)18)16-4-5-21(20-16)10-12-6-14(17)9-19-8-12/h2-9H,10H2,1H3. The van der Waals surface area contributed by atoms with E-state index in [9.17, 15) is 8.78 Å². The Labute approximate surface area is 120 Å². The van der Waals surface area contributed by atoms with Gasteiger partial charge in [-0.3, -0.25) is 9.67 Å². The van der Waals surface area contributed by atoms with Gasteiger partial charge < -0.3 is 0 Å². The number of pyridine rings is 1. The number of aryl methyl sites for hydroxylation is 1. The largest absolute Gasteiger partial charge is 0.268 e. The lowest BCUT2D eigenvalue weighted by molar-refractivity contribution is 0.611. The van der Waals surface area contributed by atoms with Crippen LogP contribution in [0.2, 0.25) is 0 Å². The molecule has 0 spiro atoms. The Hall–Kier alpha value is -2.56. The molecule has 2 aromatic heterocycles. The van der Waals surface area contributed by atoms with Crippen LogP contribution in [0.15, 0.2) is 48.9 Å². The van der Waals surface area contributed by atoms with Crippen LogP contribution in [0, 0.1) is 18.6 Å². The molecule has 3 nitrogen and oxygen atoms in total. The quantitative estimate of drug-likeness (QED) is 0.736. The Morgan fingerprint density at radius 3 is 2.71 bits per heavy atom. The zero-order chi connectivity index (χ0) is 14.8. The van der Waals surface area contributed by atoms with Crippen molar-refractivity contribution in [3.8, 4) is 11.3 Å². The lowest BCUT2D eigenvalue weighted by atomic mass is 10.1. The molecular weight excluding hydrogens is 272 g/mol. The van der Waals surface area contributed by atoms with Crippen molar-refractivity contribution < 1.29 is 8.78 Å². The molecule has 0 aliphatic heterocycles. The highest BCUT2D eigenvalue weighted by Gasteiger charge is 2.06. The summed E-state index contributed by atoms with van der Waals surface area (Å²) in [7, 11) is 0. The molecule has 0 unspecified atom stereocenters. The van der Waals surface area contributed by atoms with E-state index in [-0.39, 0.29) is 11.6 Å². The highest BCUT2D eigenvalue weighted by atomic mass is 19.1. The number of aromatic nitrogens is 3. The van der Waals surface area contributed by atoms with Gasteiger partial charge in [0.2, 0.25) is 0 Å². The monoisotopic (exact) mass is 285 g/mol. The summed E-state index contributed by atoms with van der Waals surface area (Å²) in [5.74, 6) is -0.628. The van der Waals surface area contributed by atoms with Crippen LogP contribution in [0.3, 0.4) is 0 Å². The molecule has 5 heteroatoms. The van der Waals surface area contributed by atoms with Gasteiger partial charge in [0.05, 0.1) is 18.4 Å². The average Bonchev–Trinajstić information content (AvgIpc) is 2.90. The van der Waals surface area contributed by atoms with E-state index < -0.39 is 0 Å². The minimum atomic E-state index is -0.375. The first-order valence-corrected chi connectivity index (χ1v) is 6.51. The number of hydrogen-bond donors (Lipinski definition) is 0. The van der Waals surface area contributed by atoms with E-state index in [1.165, 1.54) is 12.1 Å². The smallest absolute Gasteiger partial charge is 0.141 e. The Morgan fingerprint density at radius 2 is 1.95 bits per heavy atom. The number of halogens is 2. The molecule has 106 valence electrons. The van der Waals surface area contributed by atoms with Crippen molar-refractivity contribution in [1.82, 2.24) is 14.8 Å². The summed E-state index contributed by atoms with van der Waals surface area (Å²) in [4.78, 5) is 3.80. The molecule has 3 aromatic rings. The third-order valence-electron chi connectivity index (χ3n) is 3.21. The molecule has 3 rings (SSSR count). The van der Waals surface area contributed by atoms with Crippen molar-refractivity contribution in [2.45, 2.75) is 13.5 Å². The lowest BCUT2D eigenvalue weighted by Gasteiger charge is -2.02. The molecule has 0 saturated heterocycles. The van der Waals surface area contributed by atoms with Gasteiger partial charge in [0.25, 0.3) is 0 Å². The Morgan fingerprint density at radius 1 is 1.10 bits per heavy atom. The maximum Gasteiger partial charge on any atom is 0.141 e. The van der Waals surface area contributed by atoms with Crippen molar-refractivity contribution in [1.29, 1.82) is 0 Å². The van der Waals surface area contributed by atoms with Crippen LogP contribution in [0.25, 0.3) is 11.3 Å². The van der Waals surface area contributed by atoms with Gasteiger partial charge in [-0.15, -0.1) is 0 Å². The summed E-state index contributed by atoms with van der Waals surface area (Å²) in [6, 6.07) is 8.23. The van der Waals surface area contributed by atoms with Gasteiger partial charge in [0.1, 0.15) is 11.6 Å². The van der Waals surface area contributed by atoms with Gasteiger partial charge >= 0.3 is 0 Å². The first kappa shape index (κ1) is 13.4. The fourth-order valence-corrected chi connectivity index (χ4v) is 2.09. The number of rotatable bonds is 3. The second-order valence-electron chi connectivity index (χ2n) is 4.87. The molecule has 0 fully saturated rings. The van der Waals surface area contributed by atoms with E-state index >= 15 is 0 Å². The Balaban J connectivity index is 1.84. The minimum Gasteiger partial charge on any atom is -0.268 e. The SMILES string of the molecule is Cc1ccc(-c2ccn(Cc3cncc(F)c3)n2)cc1F. The van der Waals surface area contributed by atoms with E-state index in [0.717, 1.165) is 11.8 Å². The van der Waals surface area contributed by atoms with Crippen LogP contribution in [0.4, 0.5) is 8.78 Å². The van der Waals surface area contributed by atoms with Crippen molar-refractivity contribution in [3.05, 3.63) is 71.7 Å². The fourth-order valence-electron chi connectivity index (χ4n) is 2.09. The normalized spacial score (nSPS) is 10.8. The zero-order valence-electron chi connectivity index (χ0n) is 11.4. The summed E-state index contributed by atoms with van der Waals surface area (Å²) >= 11 is 0. The molecule has 0 saturated carbocycles. The van der Waals surface area contributed by atoms with Gasteiger partial charge in [-0.2, -0.15) is 5.10 Å². The average molecular weight is 285 g/mol. The second kappa shape index (κ2) is 5.44. The molecule has 0 amide bonds. The summed E-state index contributed by atoms with van der Waals surface area (Å²) in [5.41, 5.74) is 2.72. The van der Waals surface area contributed by atoms with E-state index in [1.807, 2.05) is 6.07 Å². The first-order chi connectivity index (χ1) is 10.1. The van der Waals surface area contributed by atoms with Crippen LogP contribution >= 0.6 is 0 Å². The molecular formula is C16H13F2N3. The van der Waals surface area contributed by atoms with Crippen molar-refractivity contribution >= 4 is 0 Å². The third-order valence-corrected chi connectivity index (χ3v) is 3.21. The predicted octanol–water partition coefficient (Wildman–Crippen LogP) is 3.58. The number of nitrogens with zero attached hydrogens (tertiary/aromatic N) is 3. The molecule has 0 atom stereocenters. The molecule has 0 bridgehead atoms. The van der Waals surface area contributed by atoms with Crippen molar-refractivity contribution in [2.24, 2.45) is 0 Å². The summed E-state index contributed by atoms with van der Waals surface area (Å²) < 4.78 is 28.3. The molecule has 0 aliphatic rings. The number of benzene rings is 1. The third kappa shape index (κ3) is 2.97. The maximum absolute atomic E-state index is 13.6.